The number of rotatable bonds is 5. The van der Waals surface area contributed by atoms with Crippen molar-refractivity contribution in [1.82, 2.24) is 29.9 Å². The van der Waals surface area contributed by atoms with E-state index in [1.54, 1.807) is 25.4 Å². The second kappa shape index (κ2) is 7.30. The summed E-state index contributed by atoms with van der Waals surface area (Å²) in [5.41, 5.74) is 0.840. The van der Waals surface area contributed by atoms with Crippen LogP contribution in [0, 0.1) is 12.8 Å². The standard InChI is InChI=1S/C22H24ClN7O2/c1-13-26-27-20(32-13)22-8-2-3-16(10-22)30(22)21(31)25-15-6-7-18(23)17(9-15)19-24-12-29(28-19)11-14-4-5-14/h6-7,9,12,14,16H,2-5,8,10-11H2,1H3,(H,25,31)/t16-,22+/m1/s1. The number of nitrogens with zero attached hydrogens (tertiary/aromatic N) is 6. The van der Waals surface area contributed by atoms with Crippen LogP contribution < -0.4 is 5.32 Å². The molecule has 1 N–H and O–H groups in total. The number of benzene rings is 1. The zero-order chi connectivity index (χ0) is 21.9. The minimum absolute atomic E-state index is 0.169. The number of carbonyl (C=O) groups is 1. The molecule has 3 fully saturated rings. The summed E-state index contributed by atoms with van der Waals surface area (Å²) < 4.78 is 7.61. The fourth-order valence-electron chi connectivity index (χ4n) is 5.07. The van der Waals surface area contributed by atoms with E-state index in [-0.39, 0.29) is 12.1 Å². The Hall–Kier alpha value is -2.94. The molecule has 1 aliphatic heterocycles. The average molecular weight is 454 g/mol. The molecule has 2 atom stereocenters. The Kier molecular flexibility index (Phi) is 4.50. The highest BCUT2D eigenvalue weighted by Crippen LogP contribution is 2.53. The molecule has 6 rings (SSSR count). The van der Waals surface area contributed by atoms with Crippen LogP contribution in [0.15, 0.2) is 28.9 Å². The van der Waals surface area contributed by atoms with Gasteiger partial charge in [0.1, 0.15) is 11.9 Å². The van der Waals surface area contributed by atoms with Crippen LogP contribution >= 0.6 is 11.6 Å². The molecule has 10 heteroatoms. The largest absolute Gasteiger partial charge is 0.423 e. The van der Waals surface area contributed by atoms with E-state index in [4.69, 9.17) is 16.0 Å². The molecule has 0 unspecified atom stereocenters. The maximum atomic E-state index is 13.3. The molecular weight excluding hydrogens is 430 g/mol. The number of hydrogen-bond donors (Lipinski definition) is 1. The number of nitrogens with one attached hydrogen (secondary N) is 1. The van der Waals surface area contributed by atoms with E-state index in [0.717, 1.165) is 32.2 Å². The second-order valence-corrected chi connectivity index (χ2v) is 9.54. The zero-order valence-corrected chi connectivity index (χ0v) is 18.5. The molecule has 3 aromatic rings. The number of amides is 2. The predicted octanol–water partition coefficient (Wildman–Crippen LogP) is 4.39. The van der Waals surface area contributed by atoms with Crippen molar-refractivity contribution >= 4 is 23.3 Å². The van der Waals surface area contributed by atoms with Gasteiger partial charge in [0.05, 0.1) is 5.02 Å². The maximum absolute atomic E-state index is 13.3. The van der Waals surface area contributed by atoms with Gasteiger partial charge in [-0.3, -0.25) is 4.68 Å². The number of fused-ring (bicyclic) bond motifs is 2. The normalized spacial score (nSPS) is 24.3. The predicted molar refractivity (Wildman–Crippen MR) is 117 cm³/mol. The lowest BCUT2D eigenvalue weighted by atomic mass is 9.68. The third-order valence-electron chi connectivity index (χ3n) is 6.81. The van der Waals surface area contributed by atoms with Gasteiger partial charge in [0.25, 0.3) is 0 Å². The van der Waals surface area contributed by atoms with Gasteiger partial charge >= 0.3 is 6.03 Å². The average Bonchev–Trinajstić information content (AvgIpc) is 3.27. The highest BCUT2D eigenvalue weighted by molar-refractivity contribution is 6.33. The molecule has 2 aliphatic carbocycles. The summed E-state index contributed by atoms with van der Waals surface area (Å²) in [7, 11) is 0. The van der Waals surface area contributed by atoms with Crippen LogP contribution in [0.1, 0.15) is 50.3 Å². The highest BCUT2D eigenvalue weighted by atomic mass is 35.5. The topological polar surface area (TPSA) is 102 Å². The third-order valence-corrected chi connectivity index (χ3v) is 7.14. The maximum Gasteiger partial charge on any atom is 0.322 e. The number of aromatic nitrogens is 5. The monoisotopic (exact) mass is 453 g/mol. The van der Waals surface area contributed by atoms with Gasteiger partial charge in [0, 0.05) is 37.2 Å². The van der Waals surface area contributed by atoms with Crippen LogP contribution in [0.25, 0.3) is 11.4 Å². The van der Waals surface area contributed by atoms with Crippen LogP contribution in [-0.2, 0) is 12.1 Å². The Morgan fingerprint density at radius 1 is 1.31 bits per heavy atom. The molecular formula is C22H24ClN7O2. The van der Waals surface area contributed by atoms with E-state index in [9.17, 15) is 4.79 Å². The number of hydrogen-bond acceptors (Lipinski definition) is 6. The number of anilines is 1. The summed E-state index contributed by atoms with van der Waals surface area (Å²) in [6, 6.07) is 5.40. The fourth-order valence-corrected chi connectivity index (χ4v) is 5.27. The highest BCUT2D eigenvalue weighted by Gasteiger charge is 2.60. The van der Waals surface area contributed by atoms with Crippen molar-refractivity contribution in [1.29, 1.82) is 0 Å². The van der Waals surface area contributed by atoms with E-state index in [1.807, 2.05) is 15.6 Å². The Balaban J connectivity index is 1.24. The summed E-state index contributed by atoms with van der Waals surface area (Å²) in [5.74, 6) is 2.31. The van der Waals surface area contributed by atoms with Gasteiger partial charge in [-0.25, -0.2) is 9.78 Å². The smallest absolute Gasteiger partial charge is 0.322 e. The van der Waals surface area contributed by atoms with Gasteiger partial charge in [-0.15, -0.1) is 10.2 Å². The lowest BCUT2D eigenvalue weighted by Gasteiger charge is -2.59. The van der Waals surface area contributed by atoms with E-state index in [0.29, 0.717) is 39.8 Å². The van der Waals surface area contributed by atoms with Gasteiger partial charge in [-0.05, 0) is 56.2 Å². The lowest BCUT2D eigenvalue weighted by Crippen LogP contribution is -2.69. The molecule has 3 aliphatic rings. The molecule has 32 heavy (non-hydrogen) atoms. The number of likely N-dealkylation sites (tertiary alicyclic amines) is 1. The number of halogens is 1. The van der Waals surface area contributed by atoms with E-state index >= 15 is 0 Å². The SMILES string of the molecule is Cc1nnc([C@]23CCC[C@H](C2)N3C(=O)Nc2ccc(Cl)c(-c3ncn(CC4CC4)n3)c2)o1. The molecule has 2 saturated carbocycles. The molecule has 2 amide bonds. The molecule has 9 nitrogen and oxygen atoms in total. The van der Waals surface area contributed by atoms with Crippen molar-refractivity contribution in [2.24, 2.45) is 5.92 Å². The summed E-state index contributed by atoms with van der Waals surface area (Å²) >= 11 is 6.44. The molecule has 0 radical (unpaired) electrons. The van der Waals surface area contributed by atoms with Crippen molar-refractivity contribution in [3.63, 3.8) is 0 Å². The number of aryl methyl sites for hydroxylation is 1. The summed E-state index contributed by atoms with van der Waals surface area (Å²) in [5, 5.41) is 16.4. The van der Waals surface area contributed by atoms with Crippen molar-refractivity contribution < 1.29 is 9.21 Å². The Morgan fingerprint density at radius 2 is 2.19 bits per heavy atom. The van der Waals surface area contributed by atoms with Crippen molar-refractivity contribution in [2.75, 3.05) is 5.32 Å². The Bertz CT molecular complexity index is 1180. The van der Waals surface area contributed by atoms with E-state index in [2.05, 4.69) is 25.6 Å². The Morgan fingerprint density at radius 3 is 2.94 bits per heavy atom. The summed E-state index contributed by atoms with van der Waals surface area (Å²) in [6.07, 6.45) is 7.95. The quantitative estimate of drug-likeness (QED) is 0.614. The first-order chi connectivity index (χ1) is 15.5. The van der Waals surface area contributed by atoms with Crippen molar-refractivity contribution in [3.05, 3.63) is 41.3 Å². The Labute approximate surface area is 190 Å². The molecule has 3 heterocycles. The molecule has 2 bridgehead atoms. The first kappa shape index (κ1) is 19.7. The number of carbonyl (C=O) groups excluding carboxylic acids is 1. The van der Waals surface area contributed by atoms with Gasteiger partial charge in [-0.1, -0.05) is 11.6 Å². The van der Waals surface area contributed by atoms with Crippen LogP contribution in [0.4, 0.5) is 10.5 Å². The van der Waals surface area contributed by atoms with Crippen LogP contribution in [0.3, 0.4) is 0 Å². The van der Waals surface area contributed by atoms with Gasteiger partial charge in [0.2, 0.25) is 11.8 Å². The van der Waals surface area contributed by atoms with Crippen LogP contribution in [-0.4, -0.2) is 41.9 Å². The minimum Gasteiger partial charge on any atom is -0.423 e. The third kappa shape index (κ3) is 3.26. The lowest BCUT2D eigenvalue weighted by molar-refractivity contribution is -0.0912. The van der Waals surface area contributed by atoms with Gasteiger partial charge in [0.15, 0.2) is 5.82 Å². The zero-order valence-electron chi connectivity index (χ0n) is 17.8. The van der Waals surface area contributed by atoms with E-state index < -0.39 is 5.54 Å². The summed E-state index contributed by atoms with van der Waals surface area (Å²) in [6.45, 7) is 2.65. The van der Waals surface area contributed by atoms with Crippen molar-refractivity contribution in [3.8, 4) is 11.4 Å². The van der Waals surface area contributed by atoms with Crippen LogP contribution in [0.5, 0.6) is 0 Å². The summed E-state index contributed by atoms with van der Waals surface area (Å²) in [4.78, 5) is 19.6. The first-order valence-electron chi connectivity index (χ1n) is 11.1. The second-order valence-electron chi connectivity index (χ2n) is 9.14. The van der Waals surface area contributed by atoms with Gasteiger partial charge < -0.3 is 14.6 Å². The number of urea groups is 1. The van der Waals surface area contributed by atoms with Gasteiger partial charge in [-0.2, -0.15) is 5.10 Å². The minimum atomic E-state index is -0.507. The molecule has 166 valence electrons. The molecule has 1 aromatic carbocycles. The first-order valence-corrected chi connectivity index (χ1v) is 11.5. The molecule has 2 aromatic heterocycles. The van der Waals surface area contributed by atoms with Crippen LogP contribution in [0.2, 0.25) is 5.02 Å². The van der Waals surface area contributed by atoms with E-state index in [1.165, 1.54) is 12.8 Å². The number of piperidine rings is 1. The molecule has 1 saturated heterocycles. The molecule has 0 spiro atoms. The van der Waals surface area contributed by atoms with Crippen molar-refractivity contribution in [2.45, 2.75) is 63.6 Å². The fraction of sp³-hybridized carbons (Fsp3) is 0.500.